The fourth-order valence-electron chi connectivity index (χ4n) is 2.27. The minimum Gasteiger partial charge on any atom is -0.420 e. The van der Waals surface area contributed by atoms with Gasteiger partial charge in [-0.05, 0) is 25.0 Å². The van der Waals surface area contributed by atoms with Crippen molar-refractivity contribution in [3.63, 3.8) is 0 Å². The van der Waals surface area contributed by atoms with E-state index < -0.39 is 11.8 Å². The molecule has 0 saturated heterocycles. The van der Waals surface area contributed by atoms with E-state index in [9.17, 15) is 9.59 Å². The Bertz CT molecular complexity index is 682. The van der Waals surface area contributed by atoms with Crippen molar-refractivity contribution in [2.45, 2.75) is 20.2 Å². The predicted molar refractivity (Wildman–Crippen MR) is 83.3 cm³/mol. The van der Waals surface area contributed by atoms with E-state index in [4.69, 9.17) is 4.74 Å². The lowest BCUT2D eigenvalue weighted by Crippen LogP contribution is -2.50. The van der Waals surface area contributed by atoms with Gasteiger partial charge in [-0.2, -0.15) is 13.6 Å². The highest BCUT2D eigenvalue weighted by molar-refractivity contribution is 6.59. The Labute approximate surface area is 130 Å². The van der Waals surface area contributed by atoms with Gasteiger partial charge in [-0.1, -0.05) is 18.2 Å². The maximum absolute atomic E-state index is 12.0. The molecule has 0 amide bonds. The van der Waals surface area contributed by atoms with Crippen molar-refractivity contribution < 1.29 is 18.9 Å². The molecule has 0 spiro atoms. The summed E-state index contributed by atoms with van der Waals surface area (Å²) in [7, 11) is 5.48. The number of nitrogens with zero attached hydrogens (tertiary/aromatic N) is 2. The van der Waals surface area contributed by atoms with Crippen molar-refractivity contribution in [1.29, 1.82) is 0 Å². The normalized spacial score (nSPS) is 10.5. The fourth-order valence-corrected chi connectivity index (χ4v) is 2.27. The zero-order valence-corrected chi connectivity index (χ0v) is 13.3. The Kier molecular flexibility index (Phi) is 4.80. The van der Waals surface area contributed by atoms with Crippen LogP contribution in [0, 0.1) is 13.8 Å². The quantitative estimate of drug-likeness (QED) is 0.264. The first kappa shape index (κ1) is 16.0. The molecule has 2 aromatic rings. The largest absolute Gasteiger partial charge is 0.420 e. The molecule has 0 aliphatic heterocycles. The number of ether oxygens (including phenoxy) is 1. The van der Waals surface area contributed by atoms with Gasteiger partial charge in [0.15, 0.2) is 0 Å². The van der Waals surface area contributed by atoms with Crippen LogP contribution in [0.3, 0.4) is 0 Å². The van der Waals surface area contributed by atoms with Crippen LogP contribution in [0.1, 0.15) is 11.1 Å². The van der Waals surface area contributed by atoms with Gasteiger partial charge in [-0.25, -0.2) is 4.79 Å². The Hall–Kier alpha value is -2.37. The zero-order valence-electron chi connectivity index (χ0n) is 13.3. The summed E-state index contributed by atoms with van der Waals surface area (Å²) in [5, 5.41) is 0. The van der Waals surface area contributed by atoms with E-state index in [1.807, 2.05) is 67.7 Å². The topological polar surface area (TPSA) is 52.2 Å². The van der Waals surface area contributed by atoms with Gasteiger partial charge < -0.3 is 4.74 Å². The van der Waals surface area contributed by atoms with Crippen LogP contribution in [0.5, 0.6) is 5.75 Å². The zero-order chi connectivity index (χ0) is 16.3. The van der Waals surface area contributed by atoms with Crippen molar-refractivity contribution in [3.05, 3.63) is 41.7 Å². The van der Waals surface area contributed by atoms with Crippen LogP contribution in [0.15, 0.2) is 30.6 Å². The van der Waals surface area contributed by atoms with Crippen molar-refractivity contribution in [3.8, 4) is 5.75 Å². The molecule has 1 heterocycles. The average Bonchev–Trinajstić information content (AvgIpc) is 2.79. The standard InChI is InChI=1S/C16H19BN2O3/c1-11-6-5-7-12(2)14(11)22-15(21)13(20)10-17-16-18(3)8-9-19(16)4/h5-9H,10H2,1-4H3. The van der Waals surface area contributed by atoms with Gasteiger partial charge in [-0.3, -0.25) is 13.9 Å². The molecular weight excluding hydrogens is 279 g/mol. The molecule has 6 heteroatoms. The van der Waals surface area contributed by atoms with Crippen LogP contribution in [-0.4, -0.2) is 23.6 Å². The molecule has 0 saturated carbocycles. The lowest BCUT2D eigenvalue weighted by atomic mass is 9.71. The molecule has 0 N–H and O–H groups in total. The molecule has 0 aliphatic carbocycles. The number of para-hydroxylation sites is 1. The second-order valence-electron chi connectivity index (χ2n) is 5.32. The van der Waals surface area contributed by atoms with Gasteiger partial charge in [0, 0.05) is 5.72 Å². The molecule has 1 aromatic heterocycles. The molecular formula is C16H19BN2O3. The second-order valence-corrected chi connectivity index (χ2v) is 5.32. The number of aryl methyl sites for hydroxylation is 4. The van der Waals surface area contributed by atoms with E-state index in [2.05, 4.69) is 0 Å². The number of Topliss-reactive ketones (excluding diaryl/α,β-unsaturated/α-hetero) is 1. The minimum absolute atomic E-state index is 0.00938. The third-order valence-electron chi connectivity index (χ3n) is 3.54. The van der Waals surface area contributed by atoms with Crippen molar-refractivity contribution in [2.75, 3.05) is 0 Å². The fraction of sp³-hybridized carbons (Fsp3) is 0.312. The minimum atomic E-state index is -0.828. The average molecular weight is 298 g/mol. The highest BCUT2D eigenvalue weighted by Crippen LogP contribution is 2.22. The summed E-state index contributed by atoms with van der Waals surface area (Å²) in [6.45, 7) is 3.69. The molecule has 114 valence electrons. The van der Waals surface area contributed by atoms with Crippen molar-refractivity contribution in [2.24, 2.45) is 14.1 Å². The molecule has 0 unspecified atom stereocenters. The van der Waals surface area contributed by atoms with E-state index in [1.165, 1.54) is 0 Å². The maximum Gasteiger partial charge on any atom is 0.376 e. The lowest BCUT2D eigenvalue weighted by Gasteiger charge is -2.13. The summed E-state index contributed by atoms with van der Waals surface area (Å²) in [6, 6.07) is 5.57. The first-order chi connectivity index (χ1) is 10.4. The lowest BCUT2D eigenvalue weighted by molar-refractivity contribution is -0.653. The number of ketones is 1. The summed E-state index contributed by atoms with van der Waals surface area (Å²) in [5.74, 6) is -0.931. The van der Waals surface area contributed by atoms with E-state index in [-0.39, 0.29) is 6.32 Å². The molecule has 0 atom stereocenters. The van der Waals surface area contributed by atoms with E-state index in [1.54, 1.807) is 7.28 Å². The van der Waals surface area contributed by atoms with Gasteiger partial charge in [-0.15, -0.1) is 0 Å². The number of rotatable bonds is 5. The number of hydrogen-bond acceptors (Lipinski definition) is 3. The molecule has 2 radical (unpaired) electrons. The first-order valence-corrected chi connectivity index (χ1v) is 7.05. The van der Waals surface area contributed by atoms with Crippen LogP contribution in [0.25, 0.3) is 0 Å². The van der Waals surface area contributed by atoms with Crippen molar-refractivity contribution >= 4 is 24.8 Å². The Morgan fingerprint density at radius 1 is 1.27 bits per heavy atom. The Morgan fingerprint density at radius 3 is 2.45 bits per heavy atom. The summed E-state index contributed by atoms with van der Waals surface area (Å²) < 4.78 is 9.00. The van der Waals surface area contributed by atoms with E-state index in [0.29, 0.717) is 5.75 Å². The van der Waals surface area contributed by atoms with E-state index >= 15 is 0 Å². The van der Waals surface area contributed by atoms with E-state index in [0.717, 1.165) is 16.9 Å². The molecule has 0 fully saturated rings. The number of hydrogen-bond donors (Lipinski definition) is 0. The number of aromatic nitrogens is 2. The smallest absolute Gasteiger partial charge is 0.376 e. The van der Waals surface area contributed by atoms with Crippen molar-refractivity contribution in [1.82, 2.24) is 4.57 Å². The monoisotopic (exact) mass is 298 g/mol. The number of imidazole rings is 1. The third-order valence-corrected chi connectivity index (χ3v) is 3.54. The van der Waals surface area contributed by atoms with Crippen LogP contribution in [-0.2, 0) is 23.7 Å². The van der Waals surface area contributed by atoms with Gasteiger partial charge in [0.2, 0.25) is 5.78 Å². The summed E-state index contributed by atoms with van der Waals surface area (Å²) in [6.07, 6.45) is 3.77. The molecule has 0 aliphatic rings. The van der Waals surface area contributed by atoms with Crippen LogP contribution in [0.4, 0.5) is 0 Å². The van der Waals surface area contributed by atoms with Crippen LogP contribution < -0.4 is 15.0 Å². The third kappa shape index (κ3) is 3.45. The molecule has 0 bridgehead atoms. The number of carbonyl (C=O) groups is 2. The summed E-state index contributed by atoms with van der Waals surface area (Å²) >= 11 is 0. The molecule has 5 nitrogen and oxygen atoms in total. The van der Waals surface area contributed by atoms with Gasteiger partial charge in [0.1, 0.15) is 18.1 Å². The second kappa shape index (κ2) is 6.60. The molecule has 22 heavy (non-hydrogen) atoms. The first-order valence-electron chi connectivity index (χ1n) is 7.05. The predicted octanol–water partition coefficient (Wildman–Crippen LogP) is 0.389. The summed E-state index contributed by atoms with van der Waals surface area (Å²) in [5.41, 5.74) is 2.52. The number of carbonyl (C=O) groups excluding carboxylic acids is 2. The summed E-state index contributed by atoms with van der Waals surface area (Å²) in [4.78, 5) is 23.9. The van der Waals surface area contributed by atoms with Gasteiger partial charge >= 0.3 is 5.97 Å². The Balaban J connectivity index is 2.00. The highest BCUT2D eigenvalue weighted by Gasteiger charge is 2.15. The molecule has 1 aromatic carbocycles. The number of esters is 1. The van der Waals surface area contributed by atoms with Gasteiger partial charge in [0.25, 0.3) is 0 Å². The van der Waals surface area contributed by atoms with Crippen LogP contribution >= 0.6 is 0 Å². The Morgan fingerprint density at radius 2 is 1.91 bits per heavy atom. The molecule has 2 rings (SSSR count). The van der Waals surface area contributed by atoms with Crippen LogP contribution in [0.2, 0.25) is 6.32 Å². The maximum atomic E-state index is 12.0. The SMILES string of the molecule is Cc1cccc(C)c1OC(=O)C(=O)C[B-]c1n(C)cc[n+]1C. The van der Waals surface area contributed by atoms with Gasteiger partial charge in [0.05, 0.1) is 14.1 Å². The highest BCUT2D eigenvalue weighted by atomic mass is 16.5. The number of benzene rings is 1.